The van der Waals surface area contributed by atoms with E-state index in [0.717, 1.165) is 54.9 Å². The summed E-state index contributed by atoms with van der Waals surface area (Å²) in [5.74, 6) is 0.533. The second kappa shape index (κ2) is 8.71. The first kappa shape index (κ1) is 20.1. The highest BCUT2D eigenvalue weighted by Gasteiger charge is 2.26. The third-order valence-electron chi connectivity index (χ3n) is 6.78. The molecule has 5 rings (SSSR count). The van der Waals surface area contributed by atoms with E-state index < -0.39 is 0 Å². The number of benzene rings is 1. The molecule has 0 saturated carbocycles. The van der Waals surface area contributed by atoms with Crippen LogP contribution < -0.4 is 16.0 Å². The summed E-state index contributed by atoms with van der Waals surface area (Å²) in [7, 11) is 0. The lowest BCUT2D eigenvalue weighted by Crippen LogP contribution is -2.30. The average molecular weight is 419 g/mol. The molecule has 1 atom stereocenters. The van der Waals surface area contributed by atoms with E-state index in [2.05, 4.69) is 20.9 Å². The van der Waals surface area contributed by atoms with E-state index in [1.807, 2.05) is 30.5 Å². The maximum absolute atomic E-state index is 12.7. The molecule has 2 amide bonds. The number of piperidine rings is 1. The van der Waals surface area contributed by atoms with Crippen molar-refractivity contribution in [3.05, 3.63) is 46.8 Å². The molecule has 1 aromatic carbocycles. The van der Waals surface area contributed by atoms with Gasteiger partial charge in [-0.05, 0) is 99.4 Å². The standard InChI is InChI=1S/C25H30N4O2/c30-24(10-7-16-4-3-11-26-14-16)28-18-8-9-23-20(13-18)21(25(31)29-23)12-17-15-27-22-6-2-1-5-19(17)22/h8-9,12-13,15-16,26-27H,1-7,10-11,14H2,(H,28,30)(H,29,31). The lowest BCUT2D eigenvalue weighted by atomic mass is 9.93. The number of aromatic amines is 1. The molecule has 31 heavy (non-hydrogen) atoms. The van der Waals surface area contributed by atoms with Crippen molar-refractivity contribution in [1.29, 1.82) is 0 Å². The van der Waals surface area contributed by atoms with Gasteiger partial charge in [0.1, 0.15) is 0 Å². The minimum atomic E-state index is -0.0889. The molecule has 6 nitrogen and oxygen atoms in total. The highest BCUT2D eigenvalue weighted by Crippen LogP contribution is 2.36. The summed E-state index contributed by atoms with van der Waals surface area (Å²) in [5.41, 5.74) is 6.78. The number of aromatic nitrogens is 1. The summed E-state index contributed by atoms with van der Waals surface area (Å²) >= 11 is 0. The molecule has 0 spiro atoms. The maximum Gasteiger partial charge on any atom is 0.256 e. The molecule has 1 unspecified atom stereocenters. The lowest BCUT2D eigenvalue weighted by Gasteiger charge is -2.22. The van der Waals surface area contributed by atoms with Crippen molar-refractivity contribution in [2.45, 2.75) is 51.4 Å². The van der Waals surface area contributed by atoms with E-state index in [0.29, 0.717) is 17.9 Å². The first-order chi connectivity index (χ1) is 15.2. The van der Waals surface area contributed by atoms with Gasteiger partial charge in [0.15, 0.2) is 0 Å². The van der Waals surface area contributed by atoms with Crippen molar-refractivity contribution >= 4 is 34.8 Å². The largest absolute Gasteiger partial charge is 0.364 e. The van der Waals surface area contributed by atoms with Gasteiger partial charge in [0.25, 0.3) is 5.91 Å². The van der Waals surface area contributed by atoms with Gasteiger partial charge in [0.05, 0.1) is 0 Å². The quantitative estimate of drug-likeness (QED) is 0.552. The summed E-state index contributed by atoms with van der Waals surface area (Å²) in [4.78, 5) is 28.5. The third kappa shape index (κ3) is 4.30. The number of rotatable bonds is 5. The molecular formula is C25H30N4O2. The minimum absolute atomic E-state index is 0.0352. The third-order valence-corrected chi connectivity index (χ3v) is 6.78. The van der Waals surface area contributed by atoms with Gasteiger partial charge in [-0.1, -0.05) is 0 Å². The number of aryl methyl sites for hydroxylation is 1. The van der Waals surface area contributed by atoms with Crippen LogP contribution >= 0.6 is 0 Å². The fraction of sp³-hybridized carbons (Fsp3) is 0.440. The second-order valence-electron chi connectivity index (χ2n) is 8.98. The van der Waals surface area contributed by atoms with Crippen molar-refractivity contribution in [3.63, 3.8) is 0 Å². The lowest BCUT2D eigenvalue weighted by molar-refractivity contribution is -0.116. The van der Waals surface area contributed by atoms with E-state index >= 15 is 0 Å². The van der Waals surface area contributed by atoms with Crippen LogP contribution in [0.25, 0.3) is 11.6 Å². The van der Waals surface area contributed by atoms with Crippen LogP contribution in [0.2, 0.25) is 0 Å². The van der Waals surface area contributed by atoms with Crippen LogP contribution in [0.3, 0.4) is 0 Å². The Balaban J connectivity index is 1.31. The molecule has 4 N–H and O–H groups in total. The number of H-pyrrole nitrogens is 1. The van der Waals surface area contributed by atoms with Crippen LogP contribution in [-0.4, -0.2) is 29.9 Å². The molecule has 162 valence electrons. The zero-order chi connectivity index (χ0) is 21.2. The van der Waals surface area contributed by atoms with Crippen molar-refractivity contribution < 1.29 is 9.59 Å². The number of hydrogen-bond donors (Lipinski definition) is 4. The topological polar surface area (TPSA) is 86.0 Å². The highest BCUT2D eigenvalue weighted by atomic mass is 16.2. The molecule has 2 aliphatic heterocycles. The Bertz CT molecular complexity index is 1030. The summed E-state index contributed by atoms with van der Waals surface area (Å²) in [6, 6.07) is 5.65. The summed E-state index contributed by atoms with van der Waals surface area (Å²) in [6.45, 7) is 2.10. The molecule has 1 aliphatic carbocycles. The zero-order valence-corrected chi connectivity index (χ0v) is 17.9. The fourth-order valence-electron chi connectivity index (χ4n) is 5.06. The number of hydrogen-bond acceptors (Lipinski definition) is 3. The molecule has 2 aromatic rings. The number of fused-ring (bicyclic) bond motifs is 2. The van der Waals surface area contributed by atoms with Gasteiger partial charge in [-0.3, -0.25) is 9.59 Å². The Labute approximate surface area is 182 Å². The second-order valence-corrected chi connectivity index (χ2v) is 8.98. The van der Waals surface area contributed by atoms with E-state index in [1.54, 1.807) is 0 Å². The maximum atomic E-state index is 12.7. The molecule has 0 radical (unpaired) electrons. The average Bonchev–Trinajstić information content (AvgIpc) is 3.34. The molecular weight excluding hydrogens is 388 g/mol. The number of nitrogens with one attached hydrogen (secondary N) is 4. The molecule has 6 heteroatoms. The predicted molar refractivity (Wildman–Crippen MR) is 124 cm³/mol. The van der Waals surface area contributed by atoms with Crippen molar-refractivity contribution in [1.82, 2.24) is 10.3 Å². The first-order valence-corrected chi connectivity index (χ1v) is 11.5. The zero-order valence-electron chi connectivity index (χ0n) is 17.9. The van der Waals surface area contributed by atoms with Gasteiger partial charge < -0.3 is 20.9 Å². The van der Waals surface area contributed by atoms with Gasteiger partial charge in [-0.15, -0.1) is 0 Å². The van der Waals surface area contributed by atoms with Gasteiger partial charge >= 0.3 is 0 Å². The number of amides is 2. The number of anilines is 2. The monoisotopic (exact) mass is 418 g/mol. The summed E-state index contributed by atoms with van der Waals surface area (Å²) in [5, 5.41) is 9.38. The van der Waals surface area contributed by atoms with E-state index in [-0.39, 0.29) is 11.8 Å². The van der Waals surface area contributed by atoms with Crippen LogP contribution in [-0.2, 0) is 22.4 Å². The van der Waals surface area contributed by atoms with Crippen LogP contribution in [0.4, 0.5) is 11.4 Å². The van der Waals surface area contributed by atoms with E-state index in [4.69, 9.17) is 0 Å². The molecule has 1 fully saturated rings. The Morgan fingerprint density at radius 2 is 2.10 bits per heavy atom. The highest BCUT2D eigenvalue weighted by molar-refractivity contribution is 6.35. The summed E-state index contributed by atoms with van der Waals surface area (Å²) in [6.07, 6.45) is 12.4. The Kier molecular flexibility index (Phi) is 5.64. The molecule has 3 heterocycles. The first-order valence-electron chi connectivity index (χ1n) is 11.5. The Morgan fingerprint density at radius 3 is 2.97 bits per heavy atom. The van der Waals surface area contributed by atoms with Crippen molar-refractivity contribution in [3.8, 4) is 0 Å². The van der Waals surface area contributed by atoms with E-state index in [9.17, 15) is 9.59 Å². The number of carbonyl (C=O) groups is 2. The predicted octanol–water partition coefficient (Wildman–Crippen LogP) is 4.10. The number of carbonyl (C=O) groups excluding carboxylic acids is 2. The van der Waals surface area contributed by atoms with Crippen LogP contribution in [0.1, 0.15) is 60.9 Å². The fourth-order valence-corrected chi connectivity index (χ4v) is 5.06. The minimum Gasteiger partial charge on any atom is -0.364 e. The molecule has 0 bridgehead atoms. The normalized spacial score (nSPS) is 21.5. The summed E-state index contributed by atoms with van der Waals surface area (Å²) < 4.78 is 0. The SMILES string of the molecule is O=C(CCC1CCCNC1)Nc1ccc2c(c1)C(=Cc1c[nH]c3c1CCCC3)C(=O)N2. The van der Waals surface area contributed by atoms with Crippen LogP contribution in [0.15, 0.2) is 24.4 Å². The van der Waals surface area contributed by atoms with Crippen LogP contribution in [0, 0.1) is 5.92 Å². The van der Waals surface area contributed by atoms with E-state index in [1.165, 1.54) is 36.9 Å². The van der Waals surface area contributed by atoms with Gasteiger partial charge in [-0.2, -0.15) is 0 Å². The molecule has 1 saturated heterocycles. The smallest absolute Gasteiger partial charge is 0.256 e. The van der Waals surface area contributed by atoms with Crippen LogP contribution in [0.5, 0.6) is 0 Å². The van der Waals surface area contributed by atoms with Gasteiger partial charge in [0, 0.05) is 40.8 Å². The van der Waals surface area contributed by atoms with Crippen molar-refractivity contribution in [2.24, 2.45) is 5.92 Å². The van der Waals surface area contributed by atoms with Crippen molar-refractivity contribution in [2.75, 3.05) is 23.7 Å². The Hall–Kier alpha value is -2.86. The molecule has 1 aromatic heterocycles. The Morgan fingerprint density at radius 1 is 1.19 bits per heavy atom. The van der Waals surface area contributed by atoms with Gasteiger partial charge in [-0.25, -0.2) is 0 Å². The molecule has 3 aliphatic rings. The van der Waals surface area contributed by atoms with Gasteiger partial charge in [0.2, 0.25) is 5.91 Å².